The molecule has 0 amide bonds. The van der Waals surface area contributed by atoms with Gasteiger partial charge in [0.1, 0.15) is 0 Å². The SMILES string of the molecule is CC1=C(C)N(C2=CCC2)N(C)N1C. The molecule has 0 saturated heterocycles. The van der Waals surface area contributed by atoms with Gasteiger partial charge in [0, 0.05) is 25.5 Å². The van der Waals surface area contributed by atoms with E-state index in [1.165, 1.54) is 29.9 Å². The van der Waals surface area contributed by atoms with Crippen LogP contribution < -0.4 is 0 Å². The van der Waals surface area contributed by atoms with Crippen LogP contribution in [0.15, 0.2) is 23.2 Å². The van der Waals surface area contributed by atoms with Gasteiger partial charge >= 0.3 is 0 Å². The maximum absolute atomic E-state index is 2.30. The molecule has 0 spiro atoms. The Balaban J connectivity index is 2.29. The van der Waals surface area contributed by atoms with Crippen LogP contribution in [0.4, 0.5) is 0 Å². The molecular formula is C10H17N3. The molecule has 72 valence electrons. The molecule has 1 aliphatic heterocycles. The monoisotopic (exact) mass is 179 g/mol. The van der Waals surface area contributed by atoms with Crippen molar-refractivity contribution in [3.05, 3.63) is 23.2 Å². The van der Waals surface area contributed by atoms with Gasteiger partial charge in [0.2, 0.25) is 0 Å². The van der Waals surface area contributed by atoms with Crippen LogP contribution in [0.3, 0.4) is 0 Å². The van der Waals surface area contributed by atoms with Crippen molar-refractivity contribution in [3.63, 3.8) is 0 Å². The van der Waals surface area contributed by atoms with Crippen LogP contribution in [0, 0.1) is 0 Å². The number of hydrogen-bond donors (Lipinski definition) is 0. The van der Waals surface area contributed by atoms with Crippen LogP contribution in [-0.4, -0.2) is 29.2 Å². The van der Waals surface area contributed by atoms with Gasteiger partial charge in [-0.2, -0.15) is 0 Å². The van der Waals surface area contributed by atoms with Crippen molar-refractivity contribution in [1.82, 2.24) is 15.1 Å². The van der Waals surface area contributed by atoms with Crippen molar-refractivity contribution < 1.29 is 0 Å². The fraction of sp³-hybridized carbons (Fsp3) is 0.600. The summed E-state index contributed by atoms with van der Waals surface area (Å²) in [6.07, 6.45) is 4.74. The molecule has 0 aromatic rings. The third kappa shape index (κ3) is 1.07. The predicted octanol–water partition coefficient (Wildman–Crippen LogP) is 1.92. The molecule has 13 heavy (non-hydrogen) atoms. The zero-order valence-corrected chi connectivity index (χ0v) is 8.83. The molecule has 0 saturated carbocycles. The minimum Gasteiger partial charge on any atom is -0.294 e. The number of nitrogens with zero attached hydrogens (tertiary/aromatic N) is 3. The summed E-state index contributed by atoms with van der Waals surface area (Å²) < 4.78 is 0. The quantitative estimate of drug-likeness (QED) is 0.609. The van der Waals surface area contributed by atoms with Crippen LogP contribution in [0.2, 0.25) is 0 Å². The van der Waals surface area contributed by atoms with E-state index in [1.807, 2.05) is 0 Å². The van der Waals surface area contributed by atoms with Crippen molar-refractivity contribution in [3.8, 4) is 0 Å². The van der Waals surface area contributed by atoms with Gasteiger partial charge in [0.05, 0.1) is 5.70 Å². The first kappa shape index (κ1) is 8.63. The minimum absolute atomic E-state index is 1.21. The molecule has 1 aliphatic carbocycles. The number of allylic oxidation sites excluding steroid dienone is 4. The van der Waals surface area contributed by atoms with Gasteiger partial charge in [-0.05, 0) is 26.7 Å². The van der Waals surface area contributed by atoms with Gasteiger partial charge < -0.3 is 0 Å². The molecule has 0 N–H and O–H groups in total. The van der Waals surface area contributed by atoms with E-state index < -0.39 is 0 Å². The molecule has 3 heteroatoms. The van der Waals surface area contributed by atoms with Crippen LogP contribution in [-0.2, 0) is 0 Å². The summed E-state index contributed by atoms with van der Waals surface area (Å²) in [5.74, 6) is 0. The number of hydrogen-bond acceptors (Lipinski definition) is 3. The Morgan fingerprint density at radius 1 is 1.15 bits per heavy atom. The van der Waals surface area contributed by atoms with Gasteiger partial charge in [-0.25, -0.2) is 0 Å². The van der Waals surface area contributed by atoms with E-state index in [1.54, 1.807) is 0 Å². The molecule has 1 heterocycles. The lowest BCUT2D eigenvalue weighted by molar-refractivity contribution is -0.0618. The Bertz CT molecular complexity index is 291. The van der Waals surface area contributed by atoms with E-state index >= 15 is 0 Å². The second-order valence-corrected chi connectivity index (χ2v) is 3.73. The summed E-state index contributed by atoms with van der Waals surface area (Å²) in [4.78, 5) is 0. The van der Waals surface area contributed by atoms with Crippen LogP contribution >= 0.6 is 0 Å². The number of rotatable bonds is 1. The highest BCUT2D eigenvalue weighted by Gasteiger charge is 2.30. The fourth-order valence-corrected chi connectivity index (χ4v) is 1.82. The van der Waals surface area contributed by atoms with E-state index in [9.17, 15) is 0 Å². The minimum atomic E-state index is 1.21. The molecule has 3 nitrogen and oxygen atoms in total. The standard InChI is InChI=1S/C10H17N3/c1-8-9(2)13(10-6-5-7-10)12(4)11(8)3/h6H,5,7H2,1-4H3. The Kier molecular flexibility index (Phi) is 1.84. The van der Waals surface area contributed by atoms with Crippen molar-refractivity contribution >= 4 is 0 Å². The molecule has 2 rings (SSSR count). The normalized spacial score (nSPS) is 23.8. The van der Waals surface area contributed by atoms with Gasteiger partial charge in [0.15, 0.2) is 0 Å². The highest BCUT2D eigenvalue weighted by atomic mass is 15.9. The van der Waals surface area contributed by atoms with Gasteiger partial charge in [-0.3, -0.25) is 10.0 Å². The van der Waals surface area contributed by atoms with Crippen LogP contribution in [0.25, 0.3) is 0 Å². The first-order valence-electron chi connectivity index (χ1n) is 4.77. The summed E-state index contributed by atoms with van der Waals surface area (Å²) in [6.45, 7) is 4.33. The largest absolute Gasteiger partial charge is 0.294 e. The number of hydrazine groups is 2. The first-order chi connectivity index (χ1) is 6.13. The van der Waals surface area contributed by atoms with E-state index in [4.69, 9.17) is 0 Å². The van der Waals surface area contributed by atoms with Gasteiger partial charge in [-0.15, -0.1) is 5.12 Å². The Hall–Kier alpha value is -0.960. The maximum atomic E-state index is 2.30. The predicted molar refractivity (Wildman–Crippen MR) is 53.1 cm³/mol. The summed E-state index contributed by atoms with van der Waals surface area (Å²) >= 11 is 0. The average molecular weight is 179 g/mol. The third-order valence-corrected chi connectivity index (χ3v) is 3.10. The van der Waals surface area contributed by atoms with E-state index in [0.717, 1.165) is 0 Å². The Morgan fingerprint density at radius 3 is 2.08 bits per heavy atom. The summed E-state index contributed by atoms with van der Waals surface area (Å²) in [5, 5.41) is 6.63. The molecule has 0 bridgehead atoms. The second-order valence-electron chi connectivity index (χ2n) is 3.73. The van der Waals surface area contributed by atoms with Crippen LogP contribution in [0.1, 0.15) is 26.7 Å². The van der Waals surface area contributed by atoms with Gasteiger partial charge in [-0.1, -0.05) is 6.08 Å². The molecule has 0 fully saturated rings. The van der Waals surface area contributed by atoms with Crippen LogP contribution in [0.5, 0.6) is 0 Å². The smallest absolute Gasteiger partial charge is 0.0540 e. The van der Waals surface area contributed by atoms with Gasteiger partial charge in [0.25, 0.3) is 0 Å². The molecule has 0 atom stereocenters. The molecule has 0 radical (unpaired) electrons. The summed E-state index contributed by atoms with van der Waals surface area (Å²) in [7, 11) is 4.19. The third-order valence-electron chi connectivity index (χ3n) is 3.10. The molecule has 0 aromatic carbocycles. The van der Waals surface area contributed by atoms with Crippen molar-refractivity contribution in [2.75, 3.05) is 14.1 Å². The highest BCUT2D eigenvalue weighted by Crippen LogP contribution is 2.33. The lowest BCUT2D eigenvalue weighted by Gasteiger charge is -2.36. The zero-order valence-electron chi connectivity index (χ0n) is 8.83. The fourth-order valence-electron chi connectivity index (χ4n) is 1.82. The summed E-state index contributed by atoms with van der Waals surface area (Å²) in [5.41, 5.74) is 4.11. The second kappa shape index (κ2) is 2.77. The lowest BCUT2D eigenvalue weighted by Crippen LogP contribution is -2.41. The molecule has 2 aliphatic rings. The van der Waals surface area contributed by atoms with E-state index in [2.05, 4.69) is 49.2 Å². The average Bonchev–Trinajstić information content (AvgIpc) is 2.19. The highest BCUT2D eigenvalue weighted by molar-refractivity contribution is 5.22. The Labute approximate surface area is 79.9 Å². The topological polar surface area (TPSA) is 9.72 Å². The first-order valence-corrected chi connectivity index (χ1v) is 4.77. The lowest BCUT2D eigenvalue weighted by atomic mass is 10.1. The molecule has 0 aromatic heterocycles. The van der Waals surface area contributed by atoms with E-state index in [-0.39, 0.29) is 0 Å². The van der Waals surface area contributed by atoms with Crippen molar-refractivity contribution in [2.45, 2.75) is 26.7 Å². The van der Waals surface area contributed by atoms with Crippen molar-refractivity contribution in [2.24, 2.45) is 0 Å². The maximum Gasteiger partial charge on any atom is 0.0540 e. The molecular weight excluding hydrogens is 162 g/mol. The van der Waals surface area contributed by atoms with E-state index in [0.29, 0.717) is 0 Å². The Morgan fingerprint density at radius 2 is 1.77 bits per heavy atom. The molecule has 0 unspecified atom stereocenters. The zero-order chi connectivity index (χ0) is 9.59. The summed E-state index contributed by atoms with van der Waals surface area (Å²) in [6, 6.07) is 0. The van der Waals surface area contributed by atoms with Crippen molar-refractivity contribution in [1.29, 1.82) is 0 Å².